The molecule has 174 valence electrons. The van der Waals surface area contributed by atoms with Gasteiger partial charge in [-0.25, -0.2) is 0 Å². The van der Waals surface area contributed by atoms with Crippen LogP contribution in [0, 0.1) is 10.1 Å². The van der Waals surface area contributed by atoms with E-state index in [0.717, 1.165) is 37.7 Å². The first-order valence-electron chi connectivity index (χ1n) is 11.1. The van der Waals surface area contributed by atoms with Crippen LogP contribution in [0.3, 0.4) is 0 Å². The van der Waals surface area contributed by atoms with Crippen molar-refractivity contribution in [3.8, 4) is 11.5 Å². The van der Waals surface area contributed by atoms with Gasteiger partial charge in [0, 0.05) is 31.0 Å². The van der Waals surface area contributed by atoms with Gasteiger partial charge in [0.15, 0.2) is 5.75 Å². The van der Waals surface area contributed by atoms with Gasteiger partial charge < -0.3 is 14.0 Å². The summed E-state index contributed by atoms with van der Waals surface area (Å²) in [4.78, 5) is 35.9. The molecule has 0 aliphatic heterocycles. The fourth-order valence-corrected chi connectivity index (χ4v) is 3.44. The Morgan fingerprint density at radius 2 is 1.78 bits per heavy atom. The lowest BCUT2D eigenvalue weighted by atomic mass is 10.1. The van der Waals surface area contributed by atoms with Crippen molar-refractivity contribution in [2.75, 3.05) is 6.61 Å². The van der Waals surface area contributed by atoms with E-state index in [1.54, 1.807) is 0 Å². The van der Waals surface area contributed by atoms with E-state index in [1.165, 1.54) is 36.1 Å². The topological polar surface area (TPSA) is 101 Å². The molecule has 1 aromatic heterocycles. The van der Waals surface area contributed by atoms with E-state index >= 15 is 0 Å². The number of carbonyl (C=O) groups excluding carboxylic acids is 1. The number of fused-ring (bicyclic) bond motifs is 1. The number of nitrogens with zero attached hydrogens (tertiary/aromatic N) is 2. The molecule has 0 radical (unpaired) electrons. The molecule has 0 saturated heterocycles. The third-order valence-electron chi connectivity index (χ3n) is 5.07. The largest absolute Gasteiger partial charge is 0.485 e. The minimum Gasteiger partial charge on any atom is -0.485 e. The Morgan fingerprint density at radius 1 is 1.09 bits per heavy atom. The van der Waals surface area contributed by atoms with Crippen LogP contribution >= 0.6 is 0 Å². The third kappa shape index (κ3) is 6.67. The van der Waals surface area contributed by atoms with Gasteiger partial charge in [-0.15, -0.1) is 0 Å². The fraction of sp³-hybridized carbons (Fsp3) is 0.500. The maximum atomic E-state index is 13.3. The summed E-state index contributed by atoms with van der Waals surface area (Å²) < 4.78 is 12.6. The molecule has 0 unspecified atom stereocenters. The Bertz CT molecular complexity index is 1050. The maximum absolute atomic E-state index is 13.3. The van der Waals surface area contributed by atoms with Gasteiger partial charge in [-0.05, 0) is 32.4 Å². The molecule has 1 aromatic carbocycles. The summed E-state index contributed by atoms with van der Waals surface area (Å²) in [5, 5.41) is 11.8. The summed E-state index contributed by atoms with van der Waals surface area (Å²) >= 11 is 0. The molecule has 0 fully saturated rings. The van der Waals surface area contributed by atoms with E-state index < -0.39 is 16.5 Å². The number of pyridine rings is 1. The molecule has 1 heterocycles. The van der Waals surface area contributed by atoms with Gasteiger partial charge >= 0.3 is 5.97 Å². The Balaban J connectivity index is 2.57. The average molecular weight is 445 g/mol. The zero-order valence-electron chi connectivity index (χ0n) is 19.3. The number of ether oxygens (including phenoxy) is 2. The molecule has 2 rings (SSSR count). The van der Waals surface area contributed by atoms with Crippen LogP contribution < -0.4 is 15.0 Å². The quantitative estimate of drug-likeness (QED) is 0.140. The highest BCUT2D eigenvalue weighted by Gasteiger charge is 2.22. The minimum absolute atomic E-state index is 0.117. The van der Waals surface area contributed by atoms with Crippen molar-refractivity contribution in [3.63, 3.8) is 0 Å². The van der Waals surface area contributed by atoms with Gasteiger partial charge in [0.05, 0.1) is 10.4 Å². The molecule has 8 nitrogen and oxygen atoms in total. The first-order valence-corrected chi connectivity index (χ1v) is 11.1. The lowest BCUT2D eigenvalue weighted by Gasteiger charge is -2.17. The normalized spacial score (nSPS) is 10.8. The standard InChI is InChI=1S/C24H32N2O6/c1-5-6-7-8-9-10-14-25-21-16-19(26(29)30)11-12-20(21)22(31-15-13-17(2)3)23(24(25)28)32-18(4)27/h11-13,16H,5-10,14-15H2,1-4H3. The molecular weight excluding hydrogens is 412 g/mol. The number of unbranched alkanes of at least 4 members (excludes halogenated alkanes) is 5. The van der Waals surface area contributed by atoms with Crippen molar-refractivity contribution in [1.29, 1.82) is 0 Å². The van der Waals surface area contributed by atoms with Crippen molar-refractivity contribution in [1.82, 2.24) is 4.57 Å². The summed E-state index contributed by atoms with van der Waals surface area (Å²) in [6, 6.07) is 4.27. The Hall–Kier alpha value is -3.16. The molecule has 0 bridgehead atoms. The van der Waals surface area contributed by atoms with E-state index in [4.69, 9.17) is 9.47 Å². The molecule has 0 spiro atoms. The third-order valence-corrected chi connectivity index (χ3v) is 5.07. The number of esters is 1. The molecule has 2 aromatic rings. The van der Waals surface area contributed by atoms with Gasteiger partial charge in [0.1, 0.15) is 6.61 Å². The van der Waals surface area contributed by atoms with Gasteiger partial charge in [-0.3, -0.25) is 19.7 Å². The van der Waals surface area contributed by atoms with E-state index in [0.29, 0.717) is 17.4 Å². The van der Waals surface area contributed by atoms with Crippen LogP contribution in [0.25, 0.3) is 10.9 Å². The van der Waals surface area contributed by atoms with Crippen molar-refractivity contribution in [2.24, 2.45) is 0 Å². The number of non-ortho nitro benzene ring substituents is 1. The Morgan fingerprint density at radius 3 is 2.41 bits per heavy atom. The number of rotatable bonds is 12. The number of nitro benzene ring substituents is 1. The van der Waals surface area contributed by atoms with Crippen LogP contribution in [0.1, 0.15) is 66.2 Å². The first-order chi connectivity index (χ1) is 15.3. The predicted molar refractivity (Wildman–Crippen MR) is 124 cm³/mol. The molecule has 0 N–H and O–H groups in total. The molecular formula is C24H32N2O6. The Kier molecular flexibility index (Phi) is 9.43. The number of nitro groups is 1. The fourth-order valence-electron chi connectivity index (χ4n) is 3.44. The summed E-state index contributed by atoms with van der Waals surface area (Å²) in [5.41, 5.74) is 0.759. The highest BCUT2D eigenvalue weighted by molar-refractivity contribution is 5.90. The Labute approximate surface area is 188 Å². The molecule has 8 heteroatoms. The summed E-state index contributed by atoms with van der Waals surface area (Å²) in [6.45, 7) is 7.73. The molecule has 0 amide bonds. The second kappa shape index (κ2) is 12.0. The summed E-state index contributed by atoms with van der Waals surface area (Å²) in [5.74, 6) is -0.708. The highest BCUT2D eigenvalue weighted by atomic mass is 16.6. The average Bonchev–Trinajstić information content (AvgIpc) is 2.73. The SMILES string of the molecule is CCCCCCCCn1c(=O)c(OC(C)=O)c(OCC=C(C)C)c2ccc([N+](=O)[O-])cc21. The summed E-state index contributed by atoms with van der Waals surface area (Å²) in [6.07, 6.45) is 8.01. The van der Waals surface area contributed by atoms with E-state index in [1.807, 2.05) is 19.9 Å². The van der Waals surface area contributed by atoms with Crippen molar-refractivity contribution in [2.45, 2.75) is 72.8 Å². The van der Waals surface area contributed by atoms with E-state index in [9.17, 15) is 19.7 Å². The molecule has 0 atom stereocenters. The van der Waals surface area contributed by atoms with Gasteiger partial charge in [-0.2, -0.15) is 0 Å². The van der Waals surface area contributed by atoms with Crippen molar-refractivity contribution in [3.05, 3.63) is 50.3 Å². The number of aryl methyl sites for hydroxylation is 1. The molecule has 0 saturated carbocycles. The van der Waals surface area contributed by atoms with Crippen molar-refractivity contribution < 1.29 is 19.2 Å². The lowest BCUT2D eigenvalue weighted by Crippen LogP contribution is -2.25. The number of hydrogen-bond donors (Lipinski definition) is 0. The minimum atomic E-state index is -0.637. The van der Waals surface area contributed by atoms with Crippen LogP contribution in [-0.2, 0) is 11.3 Å². The van der Waals surface area contributed by atoms with E-state index in [2.05, 4.69) is 6.92 Å². The first kappa shape index (κ1) is 25.1. The second-order valence-corrected chi connectivity index (χ2v) is 8.03. The molecule has 0 aliphatic rings. The number of benzene rings is 1. The maximum Gasteiger partial charge on any atom is 0.308 e. The highest BCUT2D eigenvalue weighted by Crippen LogP contribution is 2.35. The van der Waals surface area contributed by atoms with Crippen LogP contribution in [0.2, 0.25) is 0 Å². The molecule has 0 aliphatic carbocycles. The van der Waals surface area contributed by atoms with Gasteiger partial charge in [0.2, 0.25) is 5.75 Å². The predicted octanol–water partition coefficient (Wildman–Crippen LogP) is 5.54. The molecule has 32 heavy (non-hydrogen) atoms. The van der Waals surface area contributed by atoms with Crippen LogP contribution in [0.5, 0.6) is 11.5 Å². The number of carbonyl (C=O) groups is 1. The summed E-state index contributed by atoms with van der Waals surface area (Å²) in [7, 11) is 0. The monoisotopic (exact) mass is 444 g/mol. The van der Waals surface area contributed by atoms with Crippen LogP contribution in [0.4, 0.5) is 5.69 Å². The zero-order chi connectivity index (χ0) is 23.7. The smallest absolute Gasteiger partial charge is 0.308 e. The lowest BCUT2D eigenvalue weighted by molar-refractivity contribution is -0.384. The number of hydrogen-bond acceptors (Lipinski definition) is 6. The van der Waals surface area contributed by atoms with Crippen LogP contribution in [-0.4, -0.2) is 22.1 Å². The van der Waals surface area contributed by atoms with Crippen molar-refractivity contribution >= 4 is 22.6 Å². The van der Waals surface area contributed by atoms with Gasteiger partial charge in [-0.1, -0.05) is 44.6 Å². The second-order valence-electron chi connectivity index (χ2n) is 8.03. The number of allylic oxidation sites excluding steroid dienone is 1. The van der Waals surface area contributed by atoms with Crippen LogP contribution in [0.15, 0.2) is 34.6 Å². The van der Waals surface area contributed by atoms with Gasteiger partial charge in [0.25, 0.3) is 11.2 Å². The number of aromatic nitrogens is 1. The zero-order valence-corrected chi connectivity index (χ0v) is 19.3. The van der Waals surface area contributed by atoms with E-state index in [-0.39, 0.29) is 23.8 Å².